The van der Waals surface area contributed by atoms with Crippen molar-refractivity contribution in [3.8, 4) is 11.1 Å². The summed E-state index contributed by atoms with van der Waals surface area (Å²) >= 11 is 0. The normalized spacial score (nSPS) is 12.4. The Kier molecular flexibility index (Phi) is 11.2. The first-order valence-corrected chi connectivity index (χ1v) is 12.1. The highest BCUT2D eigenvalue weighted by Gasteiger charge is 2.28. The van der Waals surface area contributed by atoms with E-state index in [1.54, 1.807) is 0 Å². The highest BCUT2D eigenvalue weighted by molar-refractivity contribution is 5.79. The van der Waals surface area contributed by atoms with Gasteiger partial charge < -0.3 is 24.3 Å². The summed E-state index contributed by atoms with van der Waals surface area (Å²) in [6.45, 7) is 6.73. The van der Waals surface area contributed by atoms with E-state index >= 15 is 0 Å². The number of hydrogen-bond donors (Lipinski definition) is 1. The van der Waals surface area contributed by atoms with Gasteiger partial charge in [-0.2, -0.15) is 0 Å². The van der Waals surface area contributed by atoms with Gasteiger partial charge in [0.2, 0.25) is 0 Å². The van der Waals surface area contributed by atoms with Crippen LogP contribution in [0.3, 0.4) is 0 Å². The van der Waals surface area contributed by atoms with Crippen molar-refractivity contribution in [2.45, 2.75) is 38.5 Å². The Hall–Kier alpha value is -2.41. The molecule has 1 aliphatic rings. The Morgan fingerprint density at radius 3 is 1.91 bits per heavy atom. The van der Waals surface area contributed by atoms with Gasteiger partial charge in [0.05, 0.1) is 26.4 Å². The van der Waals surface area contributed by atoms with Gasteiger partial charge in [0.1, 0.15) is 6.61 Å². The summed E-state index contributed by atoms with van der Waals surface area (Å²) in [5.74, 6) is 0.0771. The van der Waals surface area contributed by atoms with Crippen LogP contribution in [0.5, 0.6) is 0 Å². The molecule has 1 N–H and O–H groups in total. The Bertz CT molecular complexity index is 795. The highest BCUT2D eigenvalue weighted by Crippen LogP contribution is 2.44. The lowest BCUT2D eigenvalue weighted by Gasteiger charge is -2.14. The fraction of sp³-hybridized carbons (Fsp3) is 0.519. The van der Waals surface area contributed by atoms with E-state index in [0.29, 0.717) is 46.2 Å². The summed E-state index contributed by atoms with van der Waals surface area (Å²) in [6, 6.07) is 16.6. The second-order valence-corrected chi connectivity index (χ2v) is 8.15. The number of amides is 1. The third kappa shape index (κ3) is 8.14. The van der Waals surface area contributed by atoms with E-state index in [9.17, 15) is 4.79 Å². The number of benzene rings is 2. The fourth-order valence-corrected chi connectivity index (χ4v) is 4.01. The highest BCUT2D eigenvalue weighted by atomic mass is 16.6. The molecule has 0 heterocycles. The standard InChI is InChI=1S/C27H37NO5/c1-2-3-8-15-30-17-19-32-20-18-31-16-9-14-28-27(29)33-21-26-24-12-6-4-10-22(24)23-11-5-7-13-25(23)26/h4-7,10-13,26H,2-3,8-9,14-21H2,1H3,(H,28,29). The van der Waals surface area contributed by atoms with Gasteiger partial charge in [0.15, 0.2) is 0 Å². The molecule has 0 saturated heterocycles. The molecular weight excluding hydrogens is 418 g/mol. The van der Waals surface area contributed by atoms with E-state index in [-0.39, 0.29) is 12.0 Å². The van der Waals surface area contributed by atoms with Crippen LogP contribution in [0.25, 0.3) is 11.1 Å². The van der Waals surface area contributed by atoms with Crippen molar-refractivity contribution in [1.82, 2.24) is 5.32 Å². The van der Waals surface area contributed by atoms with Crippen molar-refractivity contribution < 1.29 is 23.7 Å². The van der Waals surface area contributed by atoms with Crippen LogP contribution in [-0.4, -0.2) is 58.9 Å². The van der Waals surface area contributed by atoms with Gasteiger partial charge in [-0.3, -0.25) is 0 Å². The molecular formula is C27H37NO5. The zero-order chi connectivity index (χ0) is 23.1. The molecule has 0 aromatic heterocycles. The molecule has 0 atom stereocenters. The Morgan fingerprint density at radius 2 is 1.30 bits per heavy atom. The van der Waals surface area contributed by atoms with Crippen LogP contribution in [-0.2, 0) is 18.9 Å². The third-order valence-electron chi connectivity index (χ3n) is 5.71. The SMILES string of the molecule is CCCCCOCCOCCOCCCNC(=O)OCC1c2ccccc2-c2ccccc21. The smallest absolute Gasteiger partial charge is 0.407 e. The number of unbranched alkanes of at least 4 members (excludes halogenated alkanes) is 2. The maximum Gasteiger partial charge on any atom is 0.407 e. The number of carbonyl (C=O) groups excluding carboxylic acids is 1. The van der Waals surface area contributed by atoms with Crippen LogP contribution in [0, 0.1) is 0 Å². The van der Waals surface area contributed by atoms with Crippen molar-refractivity contribution >= 4 is 6.09 Å². The number of ether oxygens (including phenoxy) is 4. The summed E-state index contributed by atoms with van der Waals surface area (Å²) in [4.78, 5) is 12.1. The molecule has 6 nitrogen and oxygen atoms in total. The van der Waals surface area contributed by atoms with Crippen molar-refractivity contribution in [1.29, 1.82) is 0 Å². The summed E-state index contributed by atoms with van der Waals surface area (Å²) in [7, 11) is 0. The molecule has 0 fully saturated rings. The Labute approximate surface area is 197 Å². The lowest BCUT2D eigenvalue weighted by molar-refractivity contribution is 0.0136. The topological polar surface area (TPSA) is 66.0 Å². The van der Waals surface area contributed by atoms with Crippen molar-refractivity contribution in [3.05, 3.63) is 59.7 Å². The van der Waals surface area contributed by atoms with Crippen molar-refractivity contribution in [2.24, 2.45) is 0 Å². The molecule has 2 aromatic carbocycles. The third-order valence-corrected chi connectivity index (χ3v) is 5.71. The molecule has 0 bridgehead atoms. The summed E-state index contributed by atoms with van der Waals surface area (Å²) in [5.41, 5.74) is 4.88. The molecule has 0 aliphatic heterocycles. The van der Waals surface area contributed by atoms with E-state index < -0.39 is 0 Å². The van der Waals surface area contributed by atoms with E-state index in [1.807, 2.05) is 24.3 Å². The second kappa shape index (κ2) is 14.7. The predicted octanol–water partition coefficient (Wildman–Crippen LogP) is 5.16. The maximum atomic E-state index is 12.1. The second-order valence-electron chi connectivity index (χ2n) is 8.15. The molecule has 33 heavy (non-hydrogen) atoms. The van der Waals surface area contributed by atoms with Gasteiger partial charge in [-0.05, 0) is 35.1 Å². The van der Waals surface area contributed by atoms with Crippen LogP contribution < -0.4 is 5.32 Å². The van der Waals surface area contributed by atoms with E-state index in [0.717, 1.165) is 19.4 Å². The van der Waals surface area contributed by atoms with Crippen molar-refractivity contribution in [3.63, 3.8) is 0 Å². The first kappa shape index (κ1) is 25.2. The quantitative estimate of drug-likeness (QED) is 0.354. The molecule has 0 saturated carbocycles. The van der Waals surface area contributed by atoms with Crippen molar-refractivity contribution in [2.75, 3.05) is 52.8 Å². The van der Waals surface area contributed by atoms with Crippen LogP contribution in [0.2, 0.25) is 0 Å². The van der Waals surface area contributed by atoms with E-state index in [1.165, 1.54) is 35.1 Å². The molecule has 1 amide bonds. The van der Waals surface area contributed by atoms with Crippen LogP contribution >= 0.6 is 0 Å². The predicted molar refractivity (Wildman–Crippen MR) is 130 cm³/mol. The molecule has 180 valence electrons. The maximum absolute atomic E-state index is 12.1. The molecule has 2 aromatic rings. The summed E-state index contributed by atoms with van der Waals surface area (Å²) < 4.78 is 22.0. The average Bonchev–Trinajstić information content (AvgIpc) is 3.16. The lowest BCUT2D eigenvalue weighted by atomic mass is 9.98. The van der Waals surface area contributed by atoms with Gasteiger partial charge in [-0.15, -0.1) is 0 Å². The first-order valence-electron chi connectivity index (χ1n) is 12.1. The van der Waals surface area contributed by atoms with Crippen LogP contribution in [0.15, 0.2) is 48.5 Å². The minimum absolute atomic E-state index is 0.0771. The van der Waals surface area contributed by atoms with Gasteiger partial charge >= 0.3 is 6.09 Å². The van der Waals surface area contributed by atoms with Gasteiger partial charge in [0, 0.05) is 25.7 Å². The van der Waals surface area contributed by atoms with Gasteiger partial charge in [-0.25, -0.2) is 4.79 Å². The molecule has 3 rings (SSSR count). The van der Waals surface area contributed by atoms with Gasteiger partial charge in [0.25, 0.3) is 0 Å². The summed E-state index contributed by atoms with van der Waals surface area (Å²) in [6.07, 6.45) is 3.87. The number of nitrogens with one attached hydrogen (secondary N) is 1. The largest absolute Gasteiger partial charge is 0.449 e. The summed E-state index contributed by atoms with van der Waals surface area (Å²) in [5, 5.41) is 2.81. The number of carbonyl (C=O) groups is 1. The number of hydrogen-bond acceptors (Lipinski definition) is 5. The monoisotopic (exact) mass is 455 g/mol. The minimum atomic E-state index is -0.390. The molecule has 0 unspecified atom stereocenters. The molecule has 6 heteroatoms. The van der Waals surface area contributed by atoms with Crippen LogP contribution in [0.1, 0.15) is 49.7 Å². The Morgan fingerprint density at radius 1 is 0.758 bits per heavy atom. The Balaban J connectivity index is 1.21. The zero-order valence-electron chi connectivity index (χ0n) is 19.7. The first-order chi connectivity index (χ1) is 16.3. The number of fused-ring (bicyclic) bond motifs is 3. The lowest BCUT2D eigenvalue weighted by Crippen LogP contribution is -2.27. The van der Waals surface area contributed by atoms with E-state index in [2.05, 4.69) is 36.5 Å². The molecule has 0 radical (unpaired) electrons. The zero-order valence-corrected chi connectivity index (χ0v) is 19.7. The van der Waals surface area contributed by atoms with Crippen LogP contribution in [0.4, 0.5) is 4.79 Å². The number of alkyl carbamates (subject to hydrolysis) is 1. The molecule has 0 spiro atoms. The van der Waals surface area contributed by atoms with E-state index in [4.69, 9.17) is 18.9 Å². The minimum Gasteiger partial charge on any atom is -0.449 e. The average molecular weight is 456 g/mol. The van der Waals surface area contributed by atoms with Gasteiger partial charge in [-0.1, -0.05) is 68.3 Å². The number of rotatable bonds is 16. The molecule has 1 aliphatic carbocycles. The fourth-order valence-electron chi connectivity index (χ4n) is 4.01.